The van der Waals surface area contributed by atoms with Crippen molar-refractivity contribution < 1.29 is 9.72 Å². The fourth-order valence-corrected chi connectivity index (χ4v) is 3.51. The van der Waals surface area contributed by atoms with E-state index in [0.717, 1.165) is 37.3 Å². The SMILES string of the molecule is Cc1cc(NC(=O)CN2CCN(c3ccccc3C)CC2)c([N+](=O)[O-])cc1C. The molecule has 0 aromatic heterocycles. The third kappa shape index (κ3) is 4.48. The normalized spacial score (nSPS) is 14.8. The number of nitro benzene ring substituents is 1. The van der Waals surface area contributed by atoms with E-state index in [4.69, 9.17) is 0 Å². The Morgan fingerprint density at radius 1 is 1.04 bits per heavy atom. The van der Waals surface area contributed by atoms with Gasteiger partial charge in [0, 0.05) is 37.9 Å². The van der Waals surface area contributed by atoms with Gasteiger partial charge >= 0.3 is 0 Å². The summed E-state index contributed by atoms with van der Waals surface area (Å²) in [6.45, 7) is 9.27. The molecule has 1 amide bonds. The highest BCUT2D eigenvalue weighted by Crippen LogP contribution is 2.28. The third-order valence-electron chi connectivity index (χ3n) is 5.28. The number of hydrogen-bond donors (Lipinski definition) is 1. The van der Waals surface area contributed by atoms with Crippen molar-refractivity contribution in [2.45, 2.75) is 20.8 Å². The average Bonchev–Trinajstić information content (AvgIpc) is 2.65. The second-order valence-corrected chi connectivity index (χ2v) is 7.31. The molecule has 0 bridgehead atoms. The molecule has 7 nitrogen and oxygen atoms in total. The Hall–Kier alpha value is -2.93. The number of para-hydroxylation sites is 1. The first-order valence-corrected chi connectivity index (χ1v) is 9.43. The highest BCUT2D eigenvalue weighted by atomic mass is 16.6. The molecule has 2 aromatic rings. The summed E-state index contributed by atoms with van der Waals surface area (Å²) in [6, 6.07) is 11.5. The van der Waals surface area contributed by atoms with E-state index in [9.17, 15) is 14.9 Å². The van der Waals surface area contributed by atoms with Crippen LogP contribution in [0.3, 0.4) is 0 Å². The van der Waals surface area contributed by atoms with Crippen LogP contribution >= 0.6 is 0 Å². The van der Waals surface area contributed by atoms with Crippen molar-refractivity contribution >= 4 is 23.0 Å². The number of anilines is 2. The fourth-order valence-electron chi connectivity index (χ4n) is 3.51. The van der Waals surface area contributed by atoms with Crippen LogP contribution in [-0.4, -0.2) is 48.5 Å². The summed E-state index contributed by atoms with van der Waals surface area (Å²) in [4.78, 5) is 27.7. The predicted octanol–water partition coefficient (Wildman–Crippen LogP) is 3.28. The molecular weight excluding hydrogens is 356 g/mol. The Morgan fingerprint density at radius 3 is 2.32 bits per heavy atom. The summed E-state index contributed by atoms with van der Waals surface area (Å²) in [5, 5.41) is 14.0. The van der Waals surface area contributed by atoms with Gasteiger partial charge in [-0.15, -0.1) is 0 Å². The van der Waals surface area contributed by atoms with Gasteiger partial charge in [-0.25, -0.2) is 0 Å². The first-order valence-electron chi connectivity index (χ1n) is 9.43. The van der Waals surface area contributed by atoms with Crippen LogP contribution < -0.4 is 10.2 Å². The summed E-state index contributed by atoms with van der Waals surface area (Å²) >= 11 is 0. The van der Waals surface area contributed by atoms with Gasteiger partial charge in [-0.05, 0) is 49.6 Å². The molecule has 1 aliphatic heterocycles. The summed E-state index contributed by atoms with van der Waals surface area (Å²) in [5.74, 6) is -0.226. The lowest BCUT2D eigenvalue weighted by Gasteiger charge is -2.36. The van der Waals surface area contributed by atoms with Gasteiger partial charge in [0.05, 0.1) is 11.5 Å². The molecule has 2 aromatic carbocycles. The molecule has 28 heavy (non-hydrogen) atoms. The van der Waals surface area contributed by atoms with Crippen molar-refractivity contribution in [2.75, 3.05) is 42.9 Å². The van der Waals surface area contributed by atoms with Crippen LogP contribution in [0.2, 0.25) is 0 Å². The quantitative estimate of drug-likeness (QED) is 0.634. The lowest BCUT2D eigenvalue weighted by atomic mass is 10.1. The fraction of sp³-hybridized carbons (Fsp3) is 0.381. The van der Waals surface area contributed by atoms with Gasteiger partial charge in [0.25, 0.3) is 5.69 Å². The van der Waals surface area contributed by atoms with Crippen LogP contribution in [0.15, 0.2) is 36.4 Å². The van der Waals surface area contributed by atoms with Gasteiger partial charge in [-0.2, -0.15) is 0 Å². The number of piperazine rings is 1. The molecule has 148 valence electrons. The maximum Gasteiger partial charge on any atom is 0.293 e. The molecule has 0 unspecified atom stereocenters. The number of carbonyl (C=O) groups excluding carboxylic acids is 1. The Morgan fingerprint density at radius 2 is 1.68 bits per heavy atom. The zero-order valence-electron chi connectivity index (χ0n) is 16.6. The molecular formula is C21H26N4O3. The van der Waals surface area contributed by atoms with Crippen molar-refractivity contribution in [1.82, 2.24) is 4.90 Å². The van der Waals surface area contributed by atoms with Crippen molar-refractivity contribution in [3.05, 3.63) is 63.2 Å². The van der Waals surface area contributed by atoms with Crippen molar-refractivity contribution in [2.24, 2.45) is 0 Å². The lowest BCUT2D eigenvalue weighted by Crippen LogP contribution is -2.48. The molecule has 0 aliphatic carbocycles. The minimum atomic E-state index is -0.455. The monoisotopic (exact) mass is 382 g/mol. The Kier molecular flexibility index (Phi) is 5.94. The van der Waals surface area contributed by atoms with Gasteiger partial charge in [0.2, 0.25) is 5.91 Å². The predicted molar refractivity (Wildman–Crippen MR) is 111 cm³/mol. The van der Waals surface area contributed by atoms with E-state index in [1.54, 1.807) is 6.07 Å². The zero-order valence-corrected chi connectivity index (χ0v) is 16.6. The molecule has 1 heterocycles. The van der Waals surface area contributed by atoms with Crippen molar-refractivity contribution in [3.8, 4) is 0 Å². The van der Waals surface area contributed by atoms with Crippen LogP contribution in [0.4, 0.5) is 17.1 Å². The average molecular weight is 382 g/mol. The lowest BCUT2D eigenvalue weighted by molar-refractivity contribution is -0.384. The van der Waals surface area contributed by atoms with E-state index in [2.05, 4.69) is 34.2 Å². The number of rotatable bonds is 5. The summed E-state index contributed by atoms with van der Waals surface area (Å²) < 4.78 is 0. The summed E-state index contributed by atoms with van der Waals surface area (Å²) in [6.07, 6.45) is 0. The van der Waals surface area contributed by atoms with Gasteiger partial charge in [-0.1, -0.05) is 18.2 Å². The van der Waals surface area contributed by atoms with Crippen LogP contribution in [0.1, 0.15) is 16.7 Å². The van der Waals surface area contributed by atoms with E-state index in [0.29, 0.717) is 0 Å². The molecule has 1 fully saturated rings. The van der Waals surface area contributed by atoms with E-state index >= 15 is 0 Å². The number of carbonyl (C=O) groups is 1. The first kappa shape index (κ1) is 19.8. The Bertz CT molecular complexity index is 889. The maximum atomic E-state index is 12.5. The highest BCUT2D eigenvalue weighted by Gasteiger charge is 2.22. The molecule has 0 saturated carbocycles. The van der Waals surface area contributed by atoms with Crippen LogP contribution in [0.25, 0.3) is 0 Å². The van der Waals surface area contributed by atoms with Crippen LogP contribution in [0.5, 0.6) is 0 Å². The van der Waals surface area contributed by atoms with Crippen LogP contribution in [-0.2, 0) is 4.79 Å². The highest BCUT2D eigenvalue weighted by molar-refractivity contribution is 5.94. The van der Waals surface area contributed by atoms with Crippen molar-refractivity contribution in [1.29, 1.82) is 0 Å². The number of aryl methyl sites for hydroxylation is 3. The van der Waals surface area contributed by atoms with E-state index in [-0.39, 0.29) is 23.8 Å². The molecule has 3 rings (SSSR count). The number of amides is 1. The van der Waals surface area contributed by atoms with Crippen molar-refractivity contribution in [3.63, 3.8) is 0 Å². The second-order valence-electron chi connectivity index (χ2n) is 7.31. The number of hydrogen-bond acceptors (Lipinski definition) is 5. The molecule has 1 saturated heterocycles. The standard InChI is InChI=1S/C21H26N4O3/c1-15-6-4-5-7-19(15)24-10-8-23(9-11-24)14-21(26)22-18-12-16(2)17(3)13-20(18)25(27)28/h4-7,12-13H,8-11,14H2,1-3H3,(H,22,26). The molecule has 7 heteroatoms. The summed E-state index contributed by atoms with van der Waals surface area (Å²) in [5.41, 5.74) is 4.41. The third-order valence-corrected chi connectivity index (χ3v) is 5.28. The van der Waals surface area contributed by atoms with Gasteiger partial charge in [0.15, 0.2) is 0 Å². The molecule has 0 spiro atoms. The minimum absolute atomic E-state index is 0.0687. The molecule has 0 atom stereocenters. The molecule has 0 radical (unpaired) electrons. The number of nitrogens with zero attached hydrogens (tertiary/aromatic N) is 3. The van der Waals surface area contributed by atoms with Gasteiger partial charge in [0.1, 0.15) is 5.69 Å². The van der Waals surface area contributed by atoms with E-state index in [1.807, 2.05) is 26.0 Å². The largest absolute Gasteiger partial charge is 0.369 e. The second kappa shape index (κ2) is 8.39. The smallest absolute Gasteiger partial charge is 0.293 e. The Labute approximate surface area is 165 Å². The number of benzene rings is 2. The van der Waals surface area contributed by atoms with Crippen LogP contribution in [0, 0.1) is 30.9 Å². The topological polar surface area (TPSA) is 78.7 Å². The summed E-state index contributed by atoms with van der Waals surface area (Å²) in [7, 11) is 0. The Balaban J connectivity index is 1.59. The zero-order chi connectivity index (χ0) is 20.3. The van der Waals surface area contributed by atoms with E-state index in [1.165, 1.54) is 17.3 Å². The van der Waals surface area contributed by atoms with E-state index < -0.39 is 4.92 Å². The molecule has 1 N–H and O–H groups in total. The first-order chi connectivity index (χ1) is 13.3. The van der Waals surface area contributed by atoms with Gasteiger partial charge in [-0.3, -0.25) is 19.8 Å². The molecule has 1 aliphatic rings. The number of nitrogens with one attached hydrogen (secondary N) is 1. The minimum Gasteiger partial charge on any atom is -0.369 e. The van der Waals surface area contributed by atoms with Gasteiger partial charge < -0.3 is 10.2 Å². The maximum absolute atomic E-state index is 12.5. The number of nitro groups is 1.